The van der Waals surface area contributed by atoms with Gasteiger partial charge in [0.15, 0.2) is 0 Å². The van der Waals surface area contributed by atoms with Crippen LogP contribution in [-0.4, -0.2) is 0 Å². The van der Waals surface area contributed by atoms with Crippen molar-refractivity contribution in [2.45, 2.75) is 34.1 Å². The molecule has 0 fully saturated rings. The summed E-state index contributed by atoms with van der Waals surface area (Å²) in [6.07, 6.45) is 5.12. The summed E-state index contributed by atoms with van der Waals surface area (Å²) in [5.41, 5.74) is 2.58. The Morgan fingerprint density at radius 3 is 2.53 bits per heavy atom. The normalized spacial score (nSPS) is 12.7. The van der Waals surface area contributed by atoms with Gasteiger partial charge in [0, 0.05) is 10.9 Å². The number of hydrogen-bond acceptors (Lipinski definition) is 1. The first-order valence-electron chi connectivity index (χ1n) is 6.14. The van der Waals surface area contributed by atoms with Crippen LogP contribution in [0.1, 0.15) is 39.0 Å². The Bertz CT molecular complexity index is 538. The Labute approximate surface area is 103 Å². The Kier molecular flexibility index (Phi) is 3.10. The molecule has 1 aromatic carbocycles. The van der Waals surface area contributed by atoms with E-state index in [0.29, 0.717) is 0 Å². The predicted octanol–water partition coefficient (Wildman–Crippen LogP) is 5.05. The summed E-state index contributed by atoms with van der Waals surface area (Å²) in [6.45, 7) is 8.80. The van der Waals surface area contributed by atoms with Crippen LogP contribution in [0, 0.1) is 5.41 Å². The van der Waals surface area contributed by atoms with Crippen molar-refractivity contribution in [3.63, 3.8) is 0 Å². The number of fused-ring (bicyclic) bond motifs is 1. The van der Waals surface area contributed by atoms with E-state index >= 15 is 0 Å². The zero-order valence-corrected chi connectivity index (χ0v) is 11.1. The van der Waals surface area contributed by atoms with Crippen LogP contribution < -0.4 is 0 Å². The van der Waals surface area contributed by atoms with Crippen molar-refractivity contribution in [3.8, 4) is 0 Å². The highest BCUT2D eigenvalue weighted by atomic mass is 16.3. The van der Waals surface area contributed by atoms with Gasteiger partial charge in [0.1, 0.15) is 11.3 Å². The lowest BCUT2D eigenvalue weighted by atomic mass is 9.87. The molecule has 17 heavy (non-hydrogen) atoms. The Morgan fingerprint density at radius 2 is 1.88 bits per heavy atom. The molecule has 90 valence electrons. The highest BCUT2D eigenvalue weighted by Gasteiger charge is 2.18. The molecule has 1 nitrogen and oxygen atoms in total. The summed E-state index contributed by atoms with van der Waals surface area (Å²) >= 11 is 0. The molecule has 2 rings (SSSR count). The Balaban J connectivity index is 2.59. The maximum absolute atomic E-state index is 5.90. The molecule has 1 heterocycles. The molecule has 0 aliphatic heterocycles. The van der Waals surface area contributed by atoms with E-state index in [1.165, 1.54) is 10.9 Å². The van der Waals surface area contributed by atoms with Crippen molar-refractivity contribution in [2.75, 3.05) is 0 Å². The summed E-state index contributed by atoms with van der Waals surface area (Å²) in [6, 6.07) is 8.27. The van der Waals surface area contributed by atoms with Crippen molar-refractivity contribution in [1.29, 1.82) is 0 Å². The monoisotopic (exact) mass is 228 g/mol. The van der Waals surface area contributed by atoms with Crippen LogP contribution in [0.4, 0.5) is 0 Å². The second-order valence-corrected chi connectivity index (χ2v) is 5.68. The van der Waals surface area contributed by atoms with Crippen molar-refractivity contribution in [1.82, 2.24) is 0 Å². The number of para-hydroxylation sites is 1. The minimum absolute atomic E-state index is 0.267. The molecule has 0 spiro atoms. The molecule has 0 bridgehead atoms. The maximum Gasteiger partial charge on any atom is 0.135 e. The summed E-state index contributed by atoms with van der Waals surface area (Å²) in [5.74, 6) is 1.00. The van der Waals surface area contributed by atoms with Gasteiger partial charge in [-0.25, -0.2) is 0 Å². The van der Waals surface area contributed by atoms with Crippen molar-refractivity contribution >= 4 is 17.0 Å². The number of benzene rings is 1. The molecule has 1 heteroatoms. The van der Waals surface area contributed by atoms with E-state index in [-0.39, 0.29) is 5.41 Å². The van der Waals surface area contributed by atoms with Crippen LogP contribution in [-0.2, 0) is 6.42 Å². The summed E-state index contributed by atoms with van der Waals surface area (Å²) < 4.78 is 5.90. The fourth-order valence-corrected chi connectivity index (χ4v) is 2.12. The molecule has 1 aromatic heterocycles. The van der Waals surface area contributed by atoms with Gasteiger partial charge in [-0.05, 0) is 30.9 Å². The lowest BCUT2D eigenvalue weighted by molar-refractivity contribution is 0.409. The molecule has 0 amide bonds. The summed E-state index contributed by atoms with van der Waals surface area (Å²) in [4.78, 5) is 0. The van der Waals surface area contributed by atoms with E-state index in [0.717, 1.165) is 17.8 Å². The van der Waals surface area contributed by atoms with Crippen LogP contribution in [0.3, 0.4) is 0 Å². The topological polar surface area (TPSA) is 13.1 Å². The van der Waals surface area contributed by atoms with Gasteiger partial charge in [0.25, 0.3) is 0 Å². The van der Waals surface area contributed by atoms with Crippen LogP contribution >= 0.6 is 0 Å². The number of furan rings is 1. The van der Waals surface area contributed by atoms with E-state index in [4.69, 9.17) is 4.42 Å². The molecule has 0 radical (unpaired) electrons. The molecular formula is C16H20O. The lowest BCUT2D eigenvalue weighted by Gasteiger charge is -2.17. The van der Waals surface area contributed by atoms with Gasteiger partial charge in [-0.1, -0.05) is 45.0 Å². The molecule has 0 unspecified atom stereocenters. The van der Waals surface area contributed by atoms with E-state index in [1.54, 1.807) is 0 Å². The third-order valence-electron chi connectivity index (χ3n) is 2.75. The van der Waals surface area contributed by atoms with E-state index < -0.39 is 0 Å². The molecule has 0 saturated heterocycles. The van der Waals surface area contributed by atoms with Gasteiger partial charge >= 0.3 is 0 Å². The smallest absolute Gasteiger partial charge is 0.135 e. The van der Waals surface area contributed by atoms with Gasteiger partial charge < -0.3 is 4.42 Å². The average Bonchev–Trinajstić information content (AvgIpc) is 2.56. The molecule has 0 aliphatic rings. The highest BCUT2D eigenvalue weighted by Crippen LogP contribution is 2.32. The zero-order valence-electron chi connectivity index (χ0n) is 11.1. The van der Waals surface area contributed by atoms with Crippen LogP contribution in [0.25, 0.3) is 17.0 Å². The van der Waals surface area contributed by atoms with Gasteiger partial charge in [0.05, 0.1) is 0 Å². The third kappa shape index (κ3) is 2.60. The molecule has 2 aromatic rings. The van der Waals surface area contributed by atoms with E-state index in [9.17, 15) is 0 Å². The predicted molar refractivity (Wildman–Crippen MR) is 74.1 cm³/mol. The fourth-order valence-electron chi connectivity index (χ4n) is 2.12. The molecule has 0 aliphatic carbocycles. The van der Waals surface area contributed by atoms with Crippen molar-refractivity contribution in [2.24, 2.45) is 5.41 Å². The first kappa shape index (κ1) is 12.0. The second-order valence-electron chi connectivity index (χ2n) is 5.68. The average molecular weight is 228 g/mol. The van der Waals surface area contributed by atoms with Crippen LogP contribution in [0.15, 0.2) is 34.8 Å². The molecular weight excluding hydrogens is 208 g/mol. The SMILES string of the molecule is C/C=C\c1oc2ccccc2c1CC(C)(C)C. The number of rotatable bonds is 2. The fraction of sp³-hybridized carbons (Fsp3) is 0.375. The maximum atomic E-state index is 5.90. The molecule has 0 saturated carbocycles. The zero-order chi connectivity index (χ0) is 12.5. The number of hydrogen-bond donors (Lipinski definition) is 0. The van der Waals surface area contributed by atoms with Gasteiger partial charge in [-0.3, -0.25) is 0 Å². The first-order valence-corrected chi connectivity index (χ1v) is 6.14. The molecule has 0 atom stereocenters. The molecule has 0 N–H and O–H groups in total. The standard InChI is InChI=1S/C16H20O/c1-5-8-14-13(11-16(2,3)4)12-9-6-7-10-15(12)17-14/h5-10H,11H2,1-4H3/b8-5-. The largest absolute Gasteiger partial charge is 0.456 e. The van der Waals surface area contributed by atoms with E-state index in [1.807, 2.05) is 25.1 Å². The van der Waals surface area contributed by atoms with Gasteiger partial charge in [0.2, 0.25) is 0 Å². The van der Waals surface area contributed by atoms with Crippen LogP contribution in [0.2, 0.25) is 0 Å². The van der Waals surface area contributed by atoms with Crippen molar-refractivity contribution < 1.29 is 4.42 Å². The number of allylic oxidation sites excluding steroid dienone is 1. The highest BCUT2D eigenvalue weighted by molar-refractivity contribution is 5.84. The summed E-state index contributed by atoms with van der Waals surface area (Å²) in [5, 5.41) is 1.25. The van der Waals surface area contributed by atoms with E-state index in [2.05, 4.69) is 39.0 Å². The van der Waals surface area contributed by atoms with Gasteiger partial charge in [-0.15, -0.1) is 0 Å². The Morgan fingerprint density at radius 1 is 1.18 bits per heavy atom. The second kappa shape index (κ2) is 4.40. The minimum atomic E-state index is 0.267. The third-order valence-corrected chi connectivity index (χ3v) is 2.75. The minimum Gasteiger partial charge on any atom is -0.456 e. The van der Waals surface area contributed by atoms with Crippen molar-refractivity contribution in [3.05, 3.63) is 41.7 Å². The first-order chi connectivity index (χ1) is 8.01. The lowest BCUT2D eigenvalue weighted by Crippen LogP contribution is -2.09. The van der Waals surface area contributed by atoms with Gasteiger partial charge in [-0.2, -0.15) is 0 Å². The Hall–Kier alpha value is -1.50. The van der Waals surface area contributed by atoms with Crippen LogP contribution in [0.5, 0.6) is 0 Å². The quantitative estimate of drug-likeness (QED) is 0.700. The summed E-state index contributed by atoms with van der Waals surface area (Å²) in [7, 11) is 0.